The van der Waals surface area contributed by atoms with Crippen LogP contribution in [0.25, 0.3) is 0 Å². The van der Waals surface area contributed by atoms with Crippen LogP contribution in [0.2, 0.25) is 0 Å². The molecule has 0 radical (unpaired) electrons. The number of benzene rings is 2. The van der Waals surface area contributed by atoms with E-state index < -0.39 is 0 Å². The summed E-state index contributed by atoms with van der Waals surface area (Å²) in [6.07, 6.45) is 0. The van der Waals surface area contributed by atoms with E-state index in [0.717, 1.165) is 14.0 Å². The first-order valence-corrected chi connectivity index (χ1v) is 10.6. The number of ketones is 1. The van der Waals surface area contributed by atoms with Crippen LogP contribution in [0, 0.1) is 0 Å². The quantitative estimate of drug-likeness (QED) is 0.462. The summed E-state index contributed by atoms with van der Waals surface area (Å²) in [7, 11) is 0. The average Bonchev–Trinajstić information content (AvgIpc) is 3.04. The number of Topliss-reactive ketones (excluding diaryl/α,β-unsaturated/α-hetero) is 1. The molecule has 0 unspecified atom stereocenters. The van der Waals surface area contributed by atoms with E-state index in [1.807, 2.05) is 31.2 Å². The van der Waals surface area contributed by atoms with Crippen LogP contribution in [0.4, 0.5) is 5.69 Å². The van der Waals surface area contributed by atoms with Gasteiger partial charge in [0.2, 0.25) is 5.78 Å². The van der Waals surface area contributed by atoms with Crippen LogP contribution in [0.5, 0.6) is 0 Å². The number of carbonyl (C=O) groups excluding carboxylic acids is 2. The molecule has 2 heterocycles. The largest absolute Gasteiger partial charge is 0.308 e. The first-order chi connectivity index (χ1) is 12.8. The van der Waals surface area contributed by atoms with Crippen LogP contribution in [0.3, 0.4) is 0 Å². The topological polar surface area (TPSA) is 37.4 Å². The molecule has 2 aromatic carbocycles. The van der Waals surface area contributed by atoms with Gasteiger partial charge in [-0.1, -0.05) is 62.5 Å². The molecule has 0 saturated heterocycles. The Bertz CT molecular complexity index is 1000. The summed E-state index contributed by atoms with van der Waals surface area (Å²) < 4.78 is 0.791. The van der Waals surface area contributed by atoms with Crippen molar-refractivity contribution in [2.24, 2.45) is 0 Å². The Kier molecular flexibility index (Phi) is 4.47. The van der Waals surface area contributed by atoms with Gasteiger partial charge in [0.05, 0.1) is 9.92 Å². The molecule has 2 aromatic rings. The smallest absolute Gasteiger partial charge is 0.263 e. The normalized spacial score (nSPS) is 19.3. The van der Waals surface area contributed by atoms with E-state index in [9.17, 15) is 9.59 Å². The Morgan fingerprint density at radius 2 is 1.67 bits per heavy atom. The SMILES string of the molecule is CCN1C(=O)/C(=C2/Sc3ccc(C(C)(C)C)cc3S2)C(=O)c2ccccc21. The number of thioether (sulfide) groups is 2. The van der Waals surface area contributed by atoms with Crippen molar-refractivity contribution in [1.82, 2.24) is 0 Å². The molecule has 0 fully saturated rings. The van der Waals surface area contributed by atoms with Gasteiger partial charge in [-0.2, -0.15) is 0 Å². The van der Waals surface area contributed by atoms with Gasteiger partial charge in [-0.15, -0.1) is 0 Å². The summed E-state index contributed by atoms with van der Waals surface area (Å²) in [6.45, 7) is 9.03. The van der Waals surface area contributed by atoms with E-state index in [1.54, 1.807) is 16.7 Å². The number of anilines is 1. The summed E-state index contributed by atoms with van der Waals surface area (Å²) in [5.74, 6) is -0.362. The van der Waals surface area contributed by atoms with Gasteiger partial charge in [0.25, 0.3) is 5.91 Å². The first kappa shape index (κ1) is 18.4. The molecule has 3 nitrogen and oxygen atoms in total. The van der Waals surface area contributed by atoms with Gasteiger partial charge in [0.1, 0.15) is 5.57 Å². The van der Waals surface area contributed by atoms with Crippen LogP contribution in [0.1, 0.15) is 43.6 Å². The Morgan fingerprint density at radius 3 is 2.37 bits per heavy atom. The predicted molar refractivity (Wildman–Crippen MR) is 113 cm³/mol. The minimum absolute atomic E-state index is 0.0601. The number of amides is 1. The van der Waals surface area contributed by atoms with Crippen molar-refractivity contribution in [2.75, 3.05) is 11.4 Å². The zero-order valence-electron chi connectivity index (χ0n) is 15.8. The highest BCUT2D eigenvalue weighted by atomic mass is 32.2. The zero-order valence-corrected chi connectivity index (χ0v) is 17.5. The number of fused-ring (bicyclic) bond motifs is 2. The second kappa shape index (κ2) is 6.57. The molecule has 5 heteroatoms. The van der Waals surface area contributed by atoms with E-state index in [4.69, 9.17) is 0 Å². The minimum atomic E-state index is -0.194. The van der Waals surface area contributed by atoms with Crippen LogP contribution in [0.15, 0.2) is 62.1 Å². The van der Waals surface area contributed by atoms with Crippen LogP contribution < -0.4 is 4.90 Å². The van der Waals surface area contributed by atoms with Crippen molar-refractivity contribution in [1.29, 1.82) is 0 Å². The average molecular weight is 396 g/mol. The molecular weight excluding hydrogens is 374 g/mol. The third-order valence-corrected chi connectivity index (χ3v) is 7.40. The van der Waals surface area contributed by atoms with Crippen LogP contribution in [-0.4, -0.2) is 18.2 Å². The van der Waals surface area contributed by atoms with Crippen molar-refractivity contribution >= 4 is 40.9 Å². The van der Waals surface area contributed by atoms with Crippen LogP contribution in [-0.2, 0) is 10.2 Å². The Hall–Kier alpha value is -1.98. The monoisotopic (exact) mass is 395 g/mol. The van der Waals surface area contributed by atoms with Gasteiger partial charge in [-0.05, 0) is 42.2 Å². The molecule has 0 N–H and O–H groups in total. The number of likely N-dealkylation sites (N-methyl/N-ethyl adjacent to an activating group) is 1. The number of nitrogens with zero attached hydrogens (tertiary/aromatic N) is 1. The second-order valence-corrected chi connectivity index (χ2v) is 10.0. The van der Waals surface area contributed by atoms with Gasteiger partial charge in [0.15, 0.2) is 0 Å². The molecule has 0 spiro atoms. The van der Waals surface area contributed by atoms with E-state index in [0.29, 0.717) is 23.4 Å². The Morgan fingerprint density at radius 1 is 0.963 bits per heavy atom. The van der Waals surface area contributed by atoms with E-state index in [1.165, 1.54) is 17.3 Å². The molecule has 0 aromatic heterocycles. The molecule has 0 saturated carbocycles. The lowest BCUT2D eigenvalue weighted by Gasteiger charge is -2.29. The molecule has 2 aliphatic heterocycles. The highest BCUT2D eigenvalue weighted by Crippen LogP contribution is 2.54. The van der Waals surface area contributed by atoms with Gasteiger partial charge in [-0.25, -0.2) is 0 Å². The standard InChI is InChI=1S/C22H21NO2S2/c1-5-23-15-9-7-6-8-14(15)19(24)18(20(23)25)21-26-16-11-10-13(22(2,3)4)12-17(16)27-21/h6-12H,5H2,1-4H3/b21-18-. The second-order valence-electron chi connectivity index (χ2n) is 7.67. The molecule has 2 aliphatic rings. The molecule has 0 bridgehead atoms. The molecule has 1 amide bonds. The first-order valence-electron chi connectivity index (χ1n) is 9.01. The van der Waals surface area contributed by atoms with Gasteiger partial charge in [0, 0.05) is 21.9 Å². The lowest BCUT2D eigenvalue weighted by molar-refractivity contribution is -0.114. The van der Waals surface area contributed by atoms with E-state index >= 15 is 0 Å². The summed E-state index contributed by atoms with van der Waals surface area (Å²) in [4.78, 5) is 30.2. The maximum atomic E-state index is 13.1. The van der Waals surface area contributed by atoms with Crippen molar-refractivity contribution in [2.45, 2.75) is 42.9 Å². The van der Waals surface area contributed by atoms with E-state index in [2.05, 4.69) is 39.0 Å². The Labute approximate surface area is 168 Å². The lowest BCUT2D eigenvalue weighted by Crippen LogP contribution is -2.39. The third-order valence-electron chi connectivity index (χ3n) is 4.86. The summed E-state index contributed by atoms with van der Waals surface area (Å²) >= 11 is 3.07. The van der Waals surface area contributed by atoms with Gasteiger partial charge < -0.3 is 4.90 Å². The van der Waals surface area contributed by atoms with Gasteiger partial charge >= 0.3 is 0 Å². The molecular formula is C22H21NO2S2. The molecule has 0 atom stereocenters. The fourth-order valence-corrected chi connectivity index (χ4v) is 5.90. The van der Waals surface area contributed by atoms with Crippen molar-refractivity contribution in [3.63, 3.8) is 0 Å². The van der Waals surface area contributed by atoms with Crippen molar-refractivity contribution in [3.8, 4) is 0 Å². The number of carbonyl (C=O) groups is 2. The number of rotatable bonds is 1. The molecule has 27 heavy (non-hydrogen) atoms. The highest BCUT2D eigenvalue weighted by Gasteiger charge is 2.38. The highest BCUT2D eigenvalue weighted by molar-refractivity contribution is 8.24. The zero-order chi connectivity index (χ0) is 19.3. The van der Waals surface area contributed by atoms with Crippen molar-refractivity contribution in [3.05, 3.63) is 63.4 Å². The van der Waals surface area contributed by atoms with Crippen LogP contribution >= 0.6 is 23.5 Å². The summed E-state index contributed by atoms with van der Waals surface area (Å²) in [5, 5.41) is 0. The summed E-state index contributed by atoms with van der Waals surface area (Å²) in [5.41, 5.74) is 2.93. The fraction of sp³-hybridized carbons (Fsp3) is 0.273. The number of hydrogen-bond donors (Lipinski definition) is 0. The Balaban J connectivity index is 1.80. The number of para-hydroxylation sites is 1. The number of hydrogen-bond acceptors (Lipinski definition) is 4. The maximum Gasteiger partial charge on any atom is 0.263 e. The van der Waals surface area contributed by atoms with E-state index in [-0.39, 0.29) is 17.1 Å². The van der Waals surface area contributed by atoms with Gasteiger partial charge in [-0.3, -0.25) is 9.59 Å². The molecule has 4 rings (SSSR count). The summed E-state index contributed by atoms with van der Waals surface area (Å²) in [6, 6.07) is 13.8. The molecule has 0 aliphatic carbocycles. The fourth-order valence-electron chi connectivity index (χ4n) is 3.33. The van der Waals surface area contributed by atoms with Crippen molar-refractivity contribution < 1.29 is 9.59 Å². The molecule has 138 valence electrons. The lowest BCUT2D eigenvalue weighted by atomic mass is 9.87. The predicted octanol–water partition coefficient (Wildman–Crippen LogP) is 5.64. The third kappa shape index (κ3) is 3.03. The maximum absolute atomic E-state index is 13.1. The minimum Gasteiger partial charge on any atom is -0.308 e.